The fourth-order valence-corrected chi connectivity index (χ4v) is 3.60. The smallest absolute Gasteiger partial charge is 0.281 e. The summed E-state index contributed by atoms with van der Waals surface area (Å²) >= 11 is 9.33. The Hall–Kier alpha value is -1.00. The molecule has 0 saturated heterocycles. The van der Waals surface area contributed by atoms with Gasteiger partial charge in [-0.1, -0.05) is 36.6 Å². The van der Waals surface area contributed by atoms with E-state index in [-0.39, 0.29) is 5.56 Å². The number of rotatable bonds is 3. The van der Waals surface area contributed by atoms with E-state index in [1.54, 1.807) is 4.68 Å². The average molecular weight is 356 g/mol. The predicted molar refractivity (Wildman–Crippen MR) is 84.5 cm³/mol. The Labute approximate surface area is 131 Å². The van der Waals surface area contributed by atoms with Gasteiger partial charge in [0.15, 0.2) is 0 Å². The summed E-state index contributed by atoms with van der Waals surface area (Å²) in [5.41, 5.74) is 2.13. The maximum absolute atomic E-state index is 12.3. The van der Waals surface area contributed by atoms with Crippen LogP contribution in [-0.4, -0.2) is 9.78 Å². The molecule has 20 heavy (non-hydrogen) atoms. The van der Waals surface area contributed by atoms with Crippen LogP contribution in [0.4, 0.5) is 0 Å². The van der Waals surface area contributed by atoms with E-state index in [4.69, 9.17) is 11.6 Å². The zero-order chi connectivity index (χ0) is 14.1. The minimum absolute atomic E-state index is 0.0156. The number of aromatic nitrogens is 2. The molecule has 1 aliphatic carbocycles. The van der Waals surface area contributed by atoms with Crippen molar-refractivity contribution in [2.45, 2.75) is 38.1 Å². The number of hydrogen-bond acceptors (Lipinski definition) is 1. The van der Waals surface area contributed by atoms with Crippen LogP contribution in [0.5, 0.6) is 0 Å². The van der Waals surface area contributed by atoms with Gasteiger partial charge in [-0.15, -0.1) is 0 Å². The average Bonchev–Trinajstić information content (AvgIpc) is 3.05. The summed E-state index contributed by atoms with van der Waals surface area (Å²) in [7, 11) is 0. The molecule has 5 heteroatoms. The van der Waals surface area contributed by atoms with Crippen LogP contribution < -0.4 is 5.56 Å². The van der Waals surface area contributed by atoms with Crippen LogP contribution >= 0.6 is 27.5 Å². The van der Waals surface area contributed by atoms with Gasteiger partial charge in [-0.25, -0.2) is 4.68 Å². The lowest BCUT2D eigenvalue weighted by Gasteiger charge is -2.07. The van der Waals surface area contributed by atoms with Gasteiger partial charge in [0.1, 0.15) is 4.47 Å². The number of H-pyrrole nitrogens is 1. The second-order valence-electron chi connectivity index (χ2n) is 5.34. The van der Waals surface area contributed by atoms with E-state index in [0.717, 1.165) is 11.3 Å². The predicted octanol–water partition coefficient (Wildman–Crippen LogP) is 4.30. The van der Waals surface area contributed by atoms with Gasteiger partial charge < -0.3 is 0 Å². The molecule has 0 aliphatic heterocycles. The van der Waals surface area contributed by atoms with Gasteiger partial charge in [0.05, 0.1) is 12.2 Å². The summed E-state index contributed by atoms with van der Waals surface area (Å²) in [6.45, 7) is 0.543. The van der Waals surface area contributed by atoms with Gasteiger partial charge in [0.25, 0.3) is 5.56 Å². The summed E-state index contributed by atoms with van der Waals surface area (Å²) < 4.78 is 2.36. The highest BCUT2D eigenvalue weighted by molar-refractivity contribution is 9.10. The zero-order valence-electron chi connectivity index (χ0n) is 11.0. The van der Waals surface area contributed by atoms with Crippen LogP contribution in [0, 0.1) is 0 Å². The number of benzene rings is 1. The van der Waals surface area contributed by atoms with Crippen molar-refractivity contribution in [2.75, 3.05) is 0 Å². The molecule has 1 fully saturated rings. The van der Waals surface area contributed by atoms with Crippen LogP contribution in [-0.2, 0) is 6.54 Å². The minimum Gasteiger partial charge on any atom is -0.298 e. The first-order valence-corrected chi connectivity index (χ1v) is 8.05. The number of nitrogens with zero attached hydrogens (tertiary/aromatic N) is 1. The van der Waals surface area contributed by atoms with Crippen LogP contribution in [0.15, 0.2) is 33.5 Å². The largest absolute Gasteiger partial charge is 0.298 e. The van der Waals surface area contributed by atoms with Crippen molar-refractivity contribution in [3.63, 3.8) is 0 Å². The Morgan fingerprint density at radius 1 is 1.25 bits per heavy atom. The van der Waals surface area contributed by atoms with Gasteiger partial charge in [0.2, 0.25) is 0 Å². The lowest BCUT2D eigenvalue weighted by Crippen LogP contribution is -2.17. The molecule has 1 heterocycles. The van der Waals surface area contributed by atoms with E-state index in [2.05, 4.69) is 21.0 Å². The van der Waals surface area contributed by atoms with Crippen molar-refractivity contribution in [3.8, 4) is 0 Å². The Bertz CT molecular complexity index is 654. The summed E-state index contributed by atoms with van der Waals surface area (Å²) in [5.74, 6) is 0.489. The Morgan fingerprint density at radius 2 is 1.90 bits per heavy atom. The molecule has 1 aromatic heterocycles. The number of aromatic amines is 1. The summed E-state index contributed by atoms with van der Waals surface area (Å²) in [6, 6.07) is 7.58. The standard InChI is InChI=1S/C15H16BrClN2O/c16-13-14(11-3-1-2-4-11)18-19(15(13)20)9-10-5-7-12(17)8-6-10/h5-8,11,18H,1-4,9H2. The maximum atomic E-state index is 12.3. The summed E-state index contributed by atoms with van der Waals surface area (Å²) in [5, 5.41) is 3.99. The Morgan fingerprint density at radius 3 is 2.55 bits per heavy atom. The van der Waals surface area contributed by atoms with Crippen molar-refractivity contribution in [3.05, 3.63) is 55.4 Å². The fraction of sp³-hybridized carbons (Fsp3) is 0.400. The molecular weight excluding hydrogens is 340 g/mol. The second kappa shape index (κ2) is 5.78. The molecule has 1 aliphatic rings. The van der Waals surface area contributed by atoms with Gasteiger partial charge in [-0.3, -0.25) is 9.89 Å². The highest BCUT2D eigenvalue weighted by atomic mass is 79.9. The SMILES string of the molecule is O=c1c(Br)c(C2CCCC2)[nH]n1Cc1ccc(Cl)cc1. The van der Waals surface area contributed by atoms with E-state index in [0.29, 0.717) is 22.0 Å². The monoisotopic (exact) mass is 354 g/mol. The number of halogens is 2. The molecule has 0 bridgehead atoms. The van der Waals surface area contributed by atoms with E-state index in [1.807, 2.05) is 24.3 Å². The first kappa shape index (κ1) is 14.0. The fourth-order valence-electron chi connectivity index (χ4n) is 2.85. The molecule has 1 aromatic carbocycles. The molecule has 0 atom stereocenters. The molecule has 0 radical (unpaired) electrons. The van der Waals surface area contributed by atoms with Crippen molar-refractivity contribution in [1.29, 1.82) is 0 Å². The van der Waals surface area contributed by atoms with Crippen LogP contribution in [0.1, 0.15) is 42.9 Å². The van der Waals surface area contributed by atoms with Crippen molar-refractivity contribution in [2.24, 2.45) is 0 Å². The van der Waals surface area contributed by atoms with E-state index in [1.165, 1.54) is 25.7 Å². The first-order chi connectivity index (χ1) is 9.65. The zero-order valence-corrected chi connectivity index (χ0v) is 13.4. The highest BCUT2D eigenvalue weighted by Gasteiger charge is 2.23. The number of hydrogen-bond donors (Lipinski definition) is 1. The van der Waals surface area contributed by atoms with Crippen LogP contribution in [0.25, 0.3) is 0 Å². The highest BCUT2D eigenvalue weighted by Crippen LogP contribution is 2.35. The molecule has 0 unspecified atom stereocenters. The molecule has 1 N–H and O–H groups in total. The molecule has 0 spiro atoms. The lowest BCUT2D eigenvalue weighted by atomic mass is 10.1. The molecule has 2 aromatic rings. The van der Waals surface area contributed by atoms with Gasteiger partial charge in [-0.2, -0.15) is 0 Å². The molecular formula is C15H16BrClN2O. The van der Waals surface area contributed by atoms with Gasteiger partial charge >= 0.3 is 0 Å². The lowest BCUT2D eigenvalue weighted by molar-refractivity contribution is 0.618. The Kier molecular flexibility index (Phi) is 4.03. The second-order valence-corrected chi connectivity index (χ2v) is 6.57. The third-order valence-electron chi connectivity index (χ3n) is 3.94. The molecule has 3 rings (SSSR count). The van der Waals surface area contributed by atoms with Gasteiger partial charge in [-0.05, 0) is 46.5 Å². The first-order valence-electron chi connectivity index (χ1n) is 6.88. The van der Waals surface area contributed by atoms with E-state index in [9.17, 15) is 4.79 Å². The Balaban J connectivity index is 1.88. The number of nitrogens with one attached hydrogen (secondary N) is 1. The van der Waals surface area contributed by atoms with Crippen LogP contribution in [0.3, 0.4) is 0 Å². The van der Waals surface area contributed by atoms with E-state index < -0.39 is 0 Å². The third-order valence-corrected chi connectivity index (χ3v) is 4.96. The molecule has 3 nitrogen and oxygen atoms in total. The van der Waals surface area contributed by atoms with Crippen LogP contribution in [0.2, 0.25) is 5.02 Å². The third kappa shape index (κ3) is 2.72. The van der Waals surface area contributed by atoms with E-state index >= 15 is 0 Å². The quantitative estimate of drug-likeness (QED) is 0.876. The topological polar surface area (TPSA) is 37.8 Å². The van der Waals surface area contributed by atoms with Crippen molar-refractivity contribution < 1.29 is 0 Å². The summed E-state index contributed by atoms with van der Waals surface area (Å²) in [4.78, 5) is 12.3. The maximum Gasteiger partial charge on any atom is 0.281 e. The molecule has 0 amide bonds. The van der Waals surface area contributed by atoms with Crippen molar-refractivity contribution >= 4 is 27.5 Å². The van der Waals surface area contributed by atoms with Crippen molar-refractivity contribution in [1.82, 2.24) is 9.78 Å². The minimum atomic E-state index is 0.0156. The summed E-state index contributed by atoms with van der Waals surface area (Å²) in [6.07, 6.45) is 4.84. The molecule has 1 saturated carbocycles. The van der Waals surface area contributed by atoms with Gasteiger partial charge in [0, 0.05) is 10.9 Å². The normalized spacial score (nSPS) is 15.9. The molecule has 106 valence electrons.